The minimum atomic E-state index is -4.62. The first-order chi connectivity index (χ1) is 14.2. The van der Waals surface area contributed by atoms with Crippen molar-refractivity contribution in [3.63, 3.8) is 0 Å². The number of carbonyl (C=O) groups is 1. The minimum Gasteiger partial charge on any atom is -0.324 e. The molecule has 1 aliphatic heterocycles. The first kappa shape index (κ1) is 20.2. The number of amides is 1. The Kier molecular flexibility index (Phi) is 5.14. The van der Waals surface area contributed by atoms with Crippen LogP contribution in [-0.4, -0.2) is 26.0 Å². The summed E-state index contributed by atoms with van der Waals surface area (Å²) >= 11 is 1.07. The van der Waals surface area contributed by atoms with E-state index < -0.39 is 34.8 Å². The number of nitrogens with one attached hydrogen (secondary N) is 2. The third-order valence-corrected chi connectivity index (χ3v) is 5.79. The summed E-state index contributed by atoms with van der Waals surface area (Å²) in [7, 11) is 0. The molecule has 3 aromatic rings. The van der Waals surface area contributed by atoms with E-state index in [1.807, 2.05) is 0 Å². The van der Waals surface area contributed by atoms with Gasteiger partial charge in [-0.2, -0.15) is 13.2 Å². The molecule has 11 heteroatoms. The number of nitrogens with zero attached hydrogens (tertiary/aromatic N) is 3. The van der Waals surface area contributed by atoms with E-state index in [0.717, 1.165) is 17.8 Å². The fourth-order valence-corrected chi connectivity index (χ4v) is 4.25. The van der Waals surface area contributed by atoms with Gasteiger partial charge in [0.15, 0.2) is 0 Å². The number of aryl methyl sites for hydroxylation is 1. The van der Waals surface area contributed by atoms with Crippen molar-refractivity contribution in [2.75, 3.05) is 10.7 Å². The van der Waals surface area contributed by atoms with Crippen LogP contribution >= 0.6 is 11.8 Å². The van der Waals surface area contributed by atoms with E-state index in [-0.39, 0.29) is 5.69 Å². The number of alkyl halides is 3. The van der Waals surface area contributed by atoms with Crippen LogP contribution < -0.4 is 10.7 Å². The van der Waals surface area contributed by atoms with Crippen molar-refractivity contribution in [3.8, 4) is 0 Å². The molecule has 4 rings (SSSR count). The average molecular weight is 437 g/mol. The van der Waals surface area contributed by atoms with Gasteiger partial charge < -0.3 is 10.7 Å². The van der Waals surface area contributed by atoms with Crippen molar-refractivity contribution in [2.45, 2.75) is 29.5 Å². The van der Waals surface area contributed by atoms with Crippen molar-refractivity contribution in [1.82, 2.24) is 14.9 Å². The second-order valence-electron chi connectivity index (χ2n) is 6.59. The third kappa shape index (κ3) is 3.84. The summed E-state index contributed by atoms with van der Waals surface area (Å²) in [6, 6.07) is 9.64. The smallest absolute Gasteiger partial charge is 0.324 e. The highest BCUT2D eigenvalue weighted by atomic mass is 32.2. The Balaban J connectivity index is 1.68. The Hall–Kier alpha value is -3.08. The first-order valence-corrected chi connectivity index (χ1v) is 9.70. The number of aromatic nitrogens is 3. The maximum atomic E-state index is 13.4. The van der Waals surface area contributed by atoms with Crippen LogP contribution in [0.2, 0.25) is 0 Å². The standard InChI is InChI=1S/C19H15F4N5OS/c1-10-25-26-18-28(10)27-15(11-6-8-12(20)9-7-11)16(30-18)17(29)24-14-5-3-2-4-13(14)19(21,22)23/h2-9,15-16,27H,1H3,(H,24,29)/t15-,16+/m1/s1. The number of fused-ring (bicyclic) bond motifs is 1. The summed E-state index contributed by atoms with van der Waals surface area (Å²) in [6.07, 6.45) is -4.62. The Labute approximate surface area is 172 Å². The maximum absolute atomic E-state index is 13.4. The SMILES string of the molecule is Cc1nnc2n1N[C@H](c1ccc(F)cc1)[C@@H](C(=O)Nc1ccccc1C(F)(F)F)S2. The van der Waals surface area contributed by atoms with E-state index >= 15 is 0 Å². The predicted molar refractivity (Wildman–Crippen MR) is 103 cm³/mol. The number of halogens is 4. The van der Waals surface area contributed by atoms with Crippen LogP contribution in [0.5, 0.6) is 0 Å². The quantitative estimate of drug-likeness (QED) is 0.603. The number of thioether (sulfide) groups is 1. The summed E-state index contributed by atoms with van der Waals surface area (Å²) in [6.45, 7) is 1.71. The molecule has 0 bridgehead atoms. The van der Waals surface area contributed by atoms with Crippen LogP contribution in [0.1, 0.15) is 23.0 Å². The second-order valence-corrected chi connectivity index (χ2v) is 7.70. The second kappa shape index (κ2) is 7.63. The zero-order chi connectivity index (χ0) is 21.5. The normalized spacial score (nSPS) is 18.4. The number of para-hydroxylation sites is 1. The molecule has 0 aliphatic carbocycles. The molecule has 1 aliphatic rings. The Morgan fingerprint density at radius 3 is 2.53 bits per heavy atom. The molecule has 2 N–H and O–H groups in total. The molecule has 0 saturated heterocycles. The lowest BCUT2D eigenvalue weighted by Crippen LogP contribution is -2.41. The topological polar surface area (TPSA) is 71.8 Å². The van der Waals surface area contributed by atoms with Crippen LogP contribution in [0, 0.1) is 12.7 Å². The predicted octanol–water partition coefficient (Wildman–Crippen LogP) is 4.14. The van der Waals surface area contributed by atoms with Gasteiger partial charge in [0.1, 0.15) is 16.9 Å². The molecular formula is C19H15F4N5OS. The van der Waals surface area contributed by atoms with E-state index in [0.29, 0.717) is 16.5 Å². The van der Waals surface area contributed by atoms with E-state index in [9.17, 15) is 22.4 Å². The summed E-state index contributed by atoms with van der Waals surface area (Å²) in [4.78, 5) is 13.0. The molecule has 1 aromatic heterocycles. The third-order valence-electron chi connectivity index (χ3n) is 4.58. The Bertz CT molecular complexity index is 1080. The van der Waals surface area contributed by atoms with Gasteiger partial charge in [-0.1, -0.05) is 36.0 Å². The van der Waals surface area contributed by atoms with Crippen molar-refractivity contribution < 1.29 is 22.4 Å². The lowest BCUT2D eigenvalue weighted by molar-refractivity contribution is -0.137. The molecule has 0 saturated carbocycles. The van der Waals surface area contributed by atoms with Gasteiger partial charge in [-0.25, -0.2) is 9.07 Å². The van der Waals surface area contributed by atoms with Gasteiger partial charge in [0.2, 0.25) is 11.1 Å². The van der Waals surface area contributed by atoms with Gasteiger partial charge in [-0.3, -0.25) is 4.79 Å². The Morgan fingerprint density at radius 1 is 1.13 bits per heavy atom. The number of carbonyl (C=O) groups excluding carboxylic acids is 1. The lowest BCUT2D eigenvalue weighted by atomic mass is 10.0. The number of hydrogen-bond donors (Lipinski definition) is 2. The fourth-order valence-electron chi connectivity index (χ4n) is 3.12. The van der Waals surface area contributed by atoms with Crippen LogP contribution in [0.3, 0.4) is 0 Å². The highest BCUT2D eigenvalue weighted by Gasteiger charge is 2.39. The van der Waals surface area contributed by atoms with Crippen molar-refractivity contribution in [1.29, 1.82) is 0 Å². The number of anilines is 1. The van der Waals surface area contributed by atoms with Gasteiger partial charge in [0.05, 0.1) is 17.3 Å². The Morgan fingerprint density at radius 2 is 1.83 bits per heavy atom. The average Bonchev–Trinajstić information content (AvgIpc) is 3.07. The fraction of sp³-hybridized carbons (Fsp3) is 0.211. The van der Waals surface area contributed by atoms with Crippen LogP contribution in [0.25, 0.3) is 0 Å². The molecule has 2 atom stereocenters. The monoisotopic (exact) mass is 437 g/mol. The number of benzene rings is 2. The maximum Gasteiger partial charge on any atom is 0.418 e. The summed E-state index contributed by atoms with van der Waals surface area (Å²) in [5, 5.41) is 9.84. The summed E-state index contributed by atoms with van der Waals surface area (Å²) < 4.78 is 54.8. The van der Waals surface area contributed by atoms with E-state index in [1.165, 1.54) is 42.5 Å². The molecule has 1 amide bonds. The molecule has 0 spiro atoms. The van der Waals surface area contributed by atoms with Crippen molar-refractivity contribution in [2.24, 2.45) is 0 Å². The number of rotatable bonds is 3. The largest absolute Gasteiger partial charge is 0.418 e. The van der Waals surface area contributed by atoms with Gasteiger partial charge in [0.25, 0.3) is 0 Å². The molecule has 0 fully saturated rings. The van der Waals surface area contributed by atoms with E-state index in [1.54, 1.807) is 11.6 Å². The van der Waals surface area contributed by atoms with Crippen LogP contribution in [-0.2, 0) is 11.0 Å². The first-order valence-electron chi connectivity index (χ1n) is 8.82. The molecule has 2 heterocycles. The van der Waals surface area contributed by atoms with Crippen molar-refractivity contribution >= 4 is 23.4 Å². The lowest BCUT2D eigenvalue weighted by Gasteiger charge is -2.33. The van der Waals surface area contributed by atoms with Gasteiger partial charge in [0, 0.05) is 0 Å². The number of hydrogen-bond acceptors (Lipinski definition) is 5. The highest BCUT2D eigenvalue weighted by Crippen LogP contribution is 2.39. The molecule has 2 aromatic carbocycles. The zero-order valence-corrected chi connectivity index (χ0v) is 16.3. The molecule has 30 heavy (non-hydrogen) atoms. The molecule has 6 nitrogen and oxygen atoms in total. The summed E-state index contributed by atoms with van der Waals surface area (Å²) in [5.41, 5.74) is 2.42. The molecule has 156 valence electrons. The van der Waals surface area contributed by atoms with Crippen molar-refractivity contribution in [3.05, 3.63) is 71.3 Å². The minimum absolute atomic E-state index is 0.336. The van der Waals surface area contributed by atoms with E-state index in [2.05, 4.69) is 20.9 Å². The van der Waals surface area contributed by atoms with Gasteiger partial charge >= 0.3 is 6.18 Å². The van der Waals surface area contributed by atoms with Crippen LogP contribution in [0.4, 0.5) is 23.2 Å². The zero-order valence-electron chi connectivity index (χ0n) is 15.4. The van der Waals surface area contributed by atoms with Gasteiger partial charge in [-0.05, 0) is 36.8 Å². The molecule has 0 radical (unpaired) electrons. The van der Waals surface area contributed by atoms with Crippen LogP contribution in [0.15, 0.2) is 53.7 Å². The molecule has 0 unspecified atom stereocenters. The highest BCUT2D eigenvalue weighted by molar-refractivity contribution is 8.00. The molecular weight excluding hydrogens is 422 g/mol. The van der Waals surface area contributed by atoms with Gasteiger partial charge in [-0.15, -0.1) is 10.2 Å². The van der Waals surface area contributed by atoms with E-state index in [4.69, 9.17) is 0 Å². The summed E-state index contributed by atoms with van der Waals surface area (Å²) in [5.74, 6) is -0.542.